The molecular formula is C14H26N4. The zero-order valence-corrected chi connectivity index (χ0v) is 12.3. The van der Waals surface area contributed by atoms with Crippen LogP contribution in [0.2, 0.25) is 0 Å². The average Bonchev–Trinajstić information content (AvgIpc) is 2.29. The van der Waals surface area contributed by atoms with Crippen molar-refractivity contribution >= 4 is 11.6 Å². The Bertz CT molecular complexity index is 388. The molecule has 0 bridgehead atoms. The monoisotopic (exact) mass is 250 g/mol. The van der Waals surface area contributed by atoms with Crippen molar-refractivity contribution in [2.75, 3.05) is 17.2 Å². The summed E-state index contributed by atoms with van der Waals surface area (Å²) in [5.41, 5.74) is 6.93. The van der Waals surface area contributed by atoms with Crippen molar-refractivity contribution in [2.24, 2.45) is 0 Å². The largest absolute Gasteiger partial charge is 0.383 e. The van der Waals surface area contributed by atoms with Gasteiger partial charge in [-0.1, -0.05) is 19.8 Å². The number of rotatable bonds is 6. The number of nitrogen functional groups attached to an aromatic ring is 1. The predicted octanol–water partition coefficient (Wildman–Crippen LogP) is 3.08. The van der Waals surface area contributed by atoms with Gasteiger partial charge in [0.2, 0.25) is 0 Å². The van der Waals surface area contributed by atoms with Crippen LogP contribution in [0.15, 0.2) is 0 Å². The molecule has 1 aromatic rings. The lowest BCUT2D eigenvalue weighted by molar-refractivity contribution is 0.617. The van der Waals surface area contributed by atoms with E-state index in [1.54, 1.807) is 0 Å². The number of anilines is 2. The van der Waals surface area contributed by atoms with E-state index in [2.05, 4.69) is 35.6 Å². The normalized spacial score (nSPS) is 11.0. The first-order valence-electron chi connectivity index (χ1n) is 6.84. The Morgan fingerprint density at radius 2 is 1.83 bits per heavy atom. The molecular weight excluding hydrogens is 224 g/mol. The highest BCUT2D eigenvalue weighted by Gasteiger charge is 2.16. The van der Waals surface area contributed by atoms with E-state index in [4.69, 9.17) is 5.73 Å². The molecule has 4 nitrogen and oxygen atoms in total. The van der Waals surface area contributed by atoms with E-state index >= 15 is 0 Å². The molecule has 0 saturated heterocycles. The summed E-state index contributed by atoms with van der Waals surface area (Å²) in [5, 5.41) is 0. The van der Waals surface area contributed by atoms with Crippen molar-refractivity contribution in [3.05, 3.63) is 11.4 Å². The summed E-state index contributed by atoms with van der Waals surface area (Å²) in [5.74, 6) is 2.33. The third kappa shape index (κ3) is 3.59. The first-order valence-corrected chi connectivity index (χ1v) is 6.84. The number of unbranched alkanes of at least 4 members (excludes halogenated alkanes) is 2. The van der Waals surface area contributed by atoms with Crippen LogP contribution in [-0.2, 0) is 0 Å². The van der Waals surface area contributed by atoms with E-state index in [1.807, 2.05) is 13.8 Å². The minimum absolute atomic E-state index is 0.425. The molecule has 0 atom stereocenters. The summed E-state index contributed by atoms with van der Waals surface area (Å²) < 4.78 is 0. The molecule has 0 fully saturated rings. The second kappa shape index (κ2) is 6.57. The fourth-order valence-electron chi connectivity index (χ4n) is 2.06. The molecule has 0 radical (unpaired) electrons. The lowest BCUT2D eigenvalue weighted by Gasteiger charge is -2.29. The van der Waals surface area contributed by atoms with Crippen LogP contribution in [0.4, 0.5) is 11.6 Å². The highest BCUT2D eigenvalue weighted by Crippen LogP contribution is 2.23. The molecule has 0 saturated carbocycles. The van der Waals surface area contributed by atoms with Crippen LogP contribution in [0, 0.1) is 13.8 Å². The second-order valence-corrected chi connectivity index (χ2v) is 5.10. The van der Waals surface area contributed by atoms with Gasteiger partial charge >= 0.3 is 0 Å². The lowest BCUT2D eigenvalue weighted by Crippen LogP contribution is -2.33. The Morgan fingerprint density at radius 1 is 1.17 bits per heavy atom. The van der Waals surface area contributed by atoms with Gasteiger partial charge in [0.1, 0.15) is 17.5 Å². The van der Waals surface area contributed by atoms with E-state index in [9.17, 15) is 0 Å². The van der Waals surface area contributed by atoms with Gasteiger partial charge in [-0.2, -0.15) is 0 Å². The Labute approximate surface area is 111 Å². The quantitative estimate of drug-likeness (QED) is 0.788. The van der Waals surface area contributed by atoms with Gasteiger partial charge in [-0.05, 0) is 34.1 Å². The summed E-state index contributed by atoms with van der Waals surface area (Å²) >= 11 is 0. The van der Waals surface area contributed by atoms with E-state index in [1.165, 1.54) is 19.3 Å². The molecule has 0 aliphatic rings. The summed E-state index contributed by atoms with van der Waals surface area (Å²) in [6, 6.07) is 0.425. The molecule has 1 aromatic heterocycles. The van der Waals surface area contributed by atoms with Gasteiger partial charge in [0, 0.05) is 18.2 Å². The Morgan fingerprint density at radius 3 is 2.39 bits per heavy atom. The fourth-order valence-corrected chi connectivity index (χ4v) is 2.06. The topological polar surface area (TPSA) is 55.0 Å². The molecule has 0 unspecified atom stereocenters. The van der Waals surface area contributed by atoms with Crippen molar-refractivity contribution in [1.82, 2.24) is 9.97 Å². The van der Waals surface area contributed by atoms with Gasteiger partial charge in [-0.3, -0.25) is 0 Å². The van der Waals surface area contributed by atoms with E-state index < -0.39 is 0 Å². The van der Waals surface area contributed by atoms with Gasteiger partial charge in [-0.25, -0.2) is 9.97 Å². The third-order valence-corrected chi connectivity index (χ3v) is 3.17. The molecule has 2 N–H and O–H groups in total. The molecule has 102 valence electrons. The van der Waals surface area contributed by atoms with E-state index in [-0.39, 0.29) is 0 Å². The zero-order chi connectivity index (χ0) is 13.7. The van der Waals surface area contributed by atoms with Gasteiger partial charge in [0.05, 0.1) is 0 Å². The van der Waals surface area contributed by atoms with Crippen molar-refractivity contribution in [3.8, 4) is 0 Å². The molecule has 0 spiro atoms. The standard InChI is InChI=1S/C14H26N4/c1-6-7-8-9-18(10(2)3)14-11(4)13(15)16-12(5)17-14/h10H,6-9H2,1-5H3,(H2,15,16,17). The van der Waals surface area contributed by atoms with Gasteiger partial charge in [0.25, 0.3) is 0 Å². The fraction of sp³-hybridized carbons (Fsp3) is 0.714. The number of hydrogen-bond acceptors (Lipinski definition) is 4. The molecule has 18 heavy (non-hydrogen) atoms. The molecule has 0 aliphatic carbocycles. The van der Waals surface area contributed by atoms with Crippen molar-refractivity contribution in [3.63, 3.8) is 0 Å². The lowest BCUT2D eigenvalue weighted by atomic mass is 10.2. The smallest absolute Gasteiger partial charge is 0.137 e. The Kier molecular flexibility index (Phi) is 5.38. The van der Waals surface area contributed by atoms with E-state index in [0.29, 0.717) is 11.9 Å². The number of aromatic nitrogens is 2. The predicted molar refractivity (Wildman–Crippen MR) is 77.9 cm³/mol. The van der Waals surface area contributed by atoms with Crippen LogP contribution in [0.3, 0.4) is 0 Å². The number of aryl methyl sites for hydroxylation is 1. The second-order valence-electron chi connectivity index (χ2n) is 5.10. The highest BCUT2D eigenvalue weighted by atomic mass is 15.2. The highest BCUT2D eigenvalue weighted by molar-refractivity contribution is 5.56. The van der Waals surface area contributed by atoms with Crippen LogP contribution in [0.5, 0.6) is 0 Å². The van der Waals surface area contributed by atoms with Crippen molar-refractivity contribution in [2.45, 2.75) is 59.9 Å². The average molecular weight is 250 g/mol. The number of nitrogens with two attached hydrogens (primary N) is 1. The minimum atomic E-state index is 0.425. The van der Waals surface area contributed by atoms with Crippen LogP contribution in [-0.4, -0.2) is 22.6 Å². The van der Waals surface area contributed by atoms with Gasteiger partial charge in [0.15, 0.2) is 0 Å². The van der Waals surface area contributed by atoms with Crippen molar-refractivity contribution in [1.29, 1.82) is 0 Å². The number of nitrogens with zero attached hydrogens (tertiary/aromatic N) is 3. The molecule has 1 heterocycles. The first kappa shape index (κ1) is 14.7. The van der Waals surface area contributed by atoms with Crippen LogP contribution in [0.1, 0.15) is 51.4 Å². The zero-order valence-electron chi connectivity index (χ0n) is 12.3. The maximum Gasteiger partial charge on any atom is 0.137 e. The van der Waals surface area contributed by atoms with Gasteiger partial charge < -0.3 is 10.6 Å². The Balaban J connectivity index is 2.98. The molecule has 0 aromatic carbocycles. The van der Waals surface area contributed by atoms with Gasteiger partial charge in [-0.15, -0.1) is 0 Å². The van der Waals surface area contributed by atoms with Crippen LogP contribution in [0.25, 0.3) is 0 Å². The van der Waals surface area contributed by atoms with Crippen molar-refractivity contribution < 1.29 is 0 Å². The van der Waals surface area contributed by atoms with E-state index in [0.717, 1.165) is 23.8 Å². The summed E-state index contributed by atoms with van der Waals surface area (Å²) in [6.45, 7) is 11.5. The molecule has 0 amide bonds. The summed E-state index contributed by atoms with van der Waals surface area (Å²) in [7, 11) is 0. The number of hydrogen-bond donors (Lipinski definition) is 1. The molecule has 0 aliphatic heterocycles. The maximum atomic E-state index is 5.94. The summed E-state index contributed by atoms with van der Waals surface area (Å²) in [6.07, 6.45) is 3.68. The SMILES string of the molecule is CCCCCN(c1nc(C)nc(N)c1C)C(C)C. The van der Waals surface area contributed by atoms with Crippen LogP contribution < -0.4 is 10.6 Å². The molecule has 4 heteroatoms. The maximum absolute atomic E-state index is 5.94. The molecule has 1 rings (SSSR count). The Hall–Kier alpha value is -1.32. The third-order valence-electron chi connectivity index (χ3n) is 3.17. The van der Waals surface area contributed by atoms with Crippen LogP contribution >= 0.6 is 0 Å². The minimum Gasteiger partial charge on any atom is -0.383 e. The first-order chi connectivity index (χ1) is 8.47. The summed E-state index contributed by atoms with van der Waals surface area (Å²) in [4.78, 5) is 11.1.